The van der Waals surface area contributed by atoms with Crippen LogP contribution in [0.25, 0.3) is 0 Å². The Morgan fingerprint density at radius 3 is 2.86 bits per heavy atom. The zero-order chi connectivity index (χ0) is 10.6. The van der Waals surface area contributed by atoms with Gasteiger partial charge in [-0.1, -0.05) is 6.92 Å². The summed E-state index contributed by atoms with van der Waals surface area (Å²) in [5.41, 5.74) is 5.59. The molecule has 0 aliphatic carbocycles. The van der Waals surface area contributed by atoms with Crippen molar-refractivity contribution in [1.29, 1.82) is 0 Å². The molecule has 0 amide bonds. The van der Waals surface area contributed by atoms with Crippen LogP contribution in [0.15, 0.2) is 22.8 Å². The van der Waals surface area contributed by atoms with Crippen molar-refractivity contribution in [2.75, 3.05) is 11.9 Å². The SMILES string of the molecule is CC(CN)C(C)Nc1ncccc1Br. The van der Waals surface area contributed by atoms with Crippen molar-refractivity contribution < 1.29 is 0 Å². The van der Waals surface area contributed by atoms with E-state index in [4.69, 9.17) is 5.73 Å². The molecule has 0 fully saturated rings. The third kappa shape index (κ3) is 2.96. The number of nitrogens with one attached hydrogen (secondary N) is 1. The van der Waals surface area contributed by atoms with E-state index in [1.54, 1.807) is 6.20 Å². The van der Waals surface area contributed by atoms with E-state index in [1.807, 2.05) is 12.1 Å². The molecule has 4 heteroatoms. The number of anilines is 1. The molecule has 0 radical (unpaired) electrons. The third-order valence-corrected chi connectivity index (χ3v) is 2.99. The lowest BCUT2D eigenvalue weighted by atomic mass is 10.0. The molecule has 3 N–H and O–H groups in total. The topological polar surface area (TPSA) is 50.9 Å². The number of hydrogen-bond acceptors (Lipinski definition) is 3. The van der Waals surface area contributed by atoms with Gasteiger partial charge in [-0.25, -0.2) is 4.98 Å². The minimum Gasteiger partial charge on any atom is -0.366 e. The summed E-state index contributed by atoms with van der Waals surface area (Å²) in [6, 6.07) is 4.19. The molecule has 2 unspecified atom stereocenters. The van der Waals surface area contributed by atoms with Gasteiger partial charge in [-0.3, -0.25) is 0 Å². The molecule has 1 aromatic rings. The smallest absolute Gasteiger partial charge is 0.140 e. The van der Waals surface area contributed by atoms with Gasteiger partial charge >= 0.3 is 0 Å². The second kappa shape index (κ2) is 5.32. The fraction of sp³-hybridized carbons (Fsp3) is 0.500. The van der Waals surface area contributed by atoms with Crippen LogP contribution in [0.4, 0.5) is 5.82 Å². The number of rotatable bonds is 4. The van der Waals surface area contributed by atoms with E-state index in [1.165, 1.54) is 0 Å². The van der Waals surface area contributed by atoms with E-state index >= 15 is 0 Å². The molecular weight excluding hydrogens is 242 g/mol. The lowest BCUT2D eigenvalue weighted by Gasteiger charge is -2.20. The summed E-state index contributed by atoms with van der Waals surface area (Å²) in [5.74, 6) is 1.31. The summed E-state index contributed by atoms with van der Waals surface area (Å²) in [5, 5.41) is 3.32. The first-order valence-corrected chi connectivity index (χ1v) is 5.51. The maximum absolute atomic E-state index is 5.59. The predicted molar refractivity (Wildman–Crippen MR) is 63.2 cm³/mol. The van der Waals surface area contributed by atoms with Crippen LogP contribution in [-0.4, -0.2) is 17.6 Å². The number of pyridine rings is 1. The summed E-state index contributed by atoms with van der Waals surface area (Å²) in [6.45, 7) is 4.91. The Morgan fingerprint density at radius 2 is 2.29 bits per heavy atom. The van der Waals surface area contributed by atoms with Crippen molar-refractivity contribution >= 4 is 21.7 Å². The minimum absolute atomic E-state index is 0.325. The highest BCUT2D eigenvalue weighted by atomic mass is 79.9. The van der Waals surface area contributed by atoms with Crippen molar-refractivity contribution in [2.24, 2.45) is 11.7 Å². The number of hydrogen-bond donors (Lipinski definition) is 2. The fourth-order valence-electron chi connectivity index (χ4n) is 1.05. The monoisotopic (exact) mass is 257 g/mol. The van der Waals surface area contributed by atoms with Crippen molar-refractivity contribution in [3.8, 4) is 0 Å². The summed E-state index contributed by atoms with van der Waals surface area (Å²) < 4.78 is 0.982. The minimum atomic E-state index is 0.325. The van der Waals surface area contributed by atoms with E-state index in [-0.39, 0.29) is 0 Å². The van der Waals surface area contributed by atoms with E-state index in [2.05, 4.69) is 40.1 Å². The summed E-state index contributed by atoms with van der Waals surface area (Å²) in [7, 11) is 0. The highest BCUT2D eigenvalue weighted by Gasteiger charge is 2.11. The van der Waals surface area contributed by atoms with Crippen LogP contribution in [0.1, 0.15) is 13.8 Å². The molecule has 0 saturated carbocycles. The van der Waals surface area contributed by atoms with Gasteiger partial charge in [0.25, 0.3) is 0 Å². The largest absolute Gasteiger partial charge is 0.366 e. The molecule has 14 heavy (non-hydrogen) atoms. The van der Waals surface area contributed by atoms with Crippen molar-refractivity contribution in [1.82, 2.24) is 4.98 Å². The molecule has 1 heterocycles. The third-order valence-electron chi connectivity index (χ3n) is 2.35. The summed E-state index contributed by atoms with van der Waals surface area (Å²) in [4.78, 5) is 4.24. The van der Waals surface area contributed by atoms with E-state index in [0.717, 1.165) is 10.3 Å². The molecule has 0 bridgehead atoms. The first-order chi connectivity index (χ1) is 6.65. The predicted octanol–water partition coefficient (Wildman–Crippen LogP) is 2.24. The zero-order valence-corrected chi connectivity index (χ0v) is 10.1. The van der Waals surface area contributed by atoms with Gasteiger partial charge in [0.15, 0.2) is 0 Å². The molecule has 2 atom stereocenters. The Hall–Kier alpha value is -0.610. The Bertz CT molecular complexity index is 290. The highest BCUT2D eigenvalue weighted by Crippen LogP contribution is 2.20. The lowest BCUT2D eigenvalue weighted by molar-refractivity contribution is 0.520. The van der Waals surface area contributed by atoms with E-state index < -0.39 is 0 Å². The van der Waals surface area contributed by atoms with Gasteiger partial charge in [-0.15, -0.1) is 0 Å². The summed E-state index contributed by atoms with van der Waals surface area (Å²) in [6.07, 6.45) is 1.77. The summed E-state index contributed by atoms with van der Waals surface area (Å²) >= 11 is 3.44. The molecule has 0 aliphatic heterocycles. The second-order valence-electron chi connectivity index (χ2n) is 3.48. The molecule has 78 valence electrons. The van der Waals surface area contributed by atoms with Crippen LogP contribution in [0.5, 0.6) is 0 Å². The highest BCUT2D eigenvalue weighted by molar-refractivity contribution is 9.10. The van der Waals surface area contributed by atoms with Crippen molar-refractivity contribution in [3.63, 3.8) is 0 Å². The van der Waals surface area contributed by atoms with E-state index in [9.17, 15) is 0 Å². The number of halogens is 1. The number of nitrogens with zero attached hydrogens (tertiary/aromatic N) is 1. The Balaban J connectivity index is 2.64. The second-order valence-corrected chi connectivity index (χ2v) is 4.33. The molecule has 0 aromatic carbocycles. The van der Waals surface area contributed by atoms with Gasteiger partial charge in [0.05, 0.1) is 4.47 Å². The molecule has 1 aromatic heterocycles. The van der Waals surface area contributed by atoms with Crippen LogP contribution >= 0.6 is 15.9 Å². The van der Waals surface area contributed by atoms with Gasteiger partial charge in [-0.2, -0.15) is 0 Å². The van der Waals surface area contributed by atoms with Crippen LogP contribution in [0.2, 0.25) is 0 Å². The molecule has 0 spiro atoms. The van der Waals surface area contributed by atoms with Gasteiger partial charge in [-0.05, 0) is 47.4 Å². The molecule has 0 aliphatic rings. The quantitative estimate of drug-likeness (QED) is 0.870. The normalized spacial score (nSPS) is 14.9. The maximum atomic E-state index is 5.59. The fourth-order valence-corrected chi connectivity index (χ4v) is 1.42. The van der Waals surface area contributed by atoms with Crippen LogP contribution in [0.3, 0.4) is 0 Å². The van der Waals surface area contributed by atoms with E-state index in [0.29, 0.717) is 18.5 Å². The zero-order valence-electron chi connectivity index (χ0n) is 8.50. The number of nitrogens with two attached hydrogens (primary N) is 1. The first-order valence-electron chi connectivity index (χ1n) is 4.72. The molecule has 3 nitrogen and oxygen atoms in total. The van der Waals surface area contributed by atoms with Gasteiger partial charge in [0.1, 0.15) is 5.82 Å². The van der Waals surface area contributed by atoms with Crippen molar-refractivity contribution in [3.05, 3.63) is 22.8 Å². The first kappa shape index (κ1) is 11.5. The Morgan fingerprint density at radius 1 is 1.57 bits per heavy atom. The van der Waals surface area contributed by atoms with Crippen molar-refractivity contribution in [2.45, 2.75) is 19.9 Å². The van der Waals surface area contributed by atoms with Gasteiger partial charge < -0.3 is 11.1 Å². The maximum Gasteiger partial charge on any atom is 0.140 e. The van der Waals surface area contributed by atoms with Gasteiger partial charge in [0, 0.05) is 12.2 Å². The average Bonchev–Trinajstić information content (AvgIpc) is 2.20. The van der Waals surface area contributed by atoms with Gasteiger partial charge in [0.2, 0.25) is 0 Å². The van der Waals surface area contributed by atoms with Crippen LogP contribution in [-0.2, 0) is 0 Å². The average molecular weight is 258 g/mol. The van der Waals surface area contributed by atoms with Crippen LogP contribution < -0.4 is 11.1 Å². The molecule has 1 rings (SSSR count). The molecule has 0 saturated heterocycles. The lowest BCUT2D eigenvalue weighted by Crippen LogP contribution is -2.29. The Labute approximate surface area is 93.2 Å². The molecular formula is C10H16BrN3. The Kier molecular flexibility index (Phi) is 4.35. The number of aromatic nitrogens is 1. The van der Waals surface area contributed by atoms with Crippen LogP contribution in [0, 0.1) is 5.92 Å². The standard InChI is InChI=1S/C10H16BrN3/c1-7(6-12)8(2)14-10-9(11)4-3-5-13-10/h3-5,7-8H,6,12H2,1-2H3,(H,13,14).